The number of hydrogen-bond donors (Lipinski definition) is 1. The summed E-state index contributed by atoms with van der Waals surface area (Å²) in [5.41, 5.74) is 0. The molecule has 0 aromatic rings. The molecule has 22 heavy (non-hydrogen) atoms. The van der Waals surface area contributed by atoms with Crippen molar-refractivity contribution >= 4 is 11.9 Å². The highest BCUT2D eigenvalue weighted by Gasteiger charge is 2.14. The van der Waals surface area contributed by atoms with E-state index in [9.17, 15) is 9.59 Å². The number of hydrogen-bond acceptors (Lipinski definition) is 6. The van der Waals surface area contributed by atoms with E-state index < -0.39 is 5.97 Å². The second-order valence-electron chi connectivity index (χ2n) is 4.72. The van der Waals surface area contributed by atoms with Gasteiger partial charge >= 0.3 is 5.97 Å². The van der Waals surface area contributed by atoms with Gasteiger partial charge in [0.2, 0.25) is 5.91 Å². The first kappa shape index (κ1) is 18.8. The molecular weight excluding hydrogens is 294 g/mol. The lowest BCUT2D eigenvalue weighted by Crippen LogP contribution is -2.37. The van der Waals surface area contributed by atoms with E-state index >= 15 is 0 Å². The van der Waals surface area contributed by atoms with Crippen LogP contribution >= 0.6 is 0 Å². The summed E-state index contributed by atoms with van der Waals surface area (Å²) in [4.78, 5) is 24.1. The number of nitrogens with zero attached hydrogens (tertiary/aromatic N) is 1. The van der Waals surface area contributed by atoms with E-state index in [0.29, 0.717) is 65.9 Å². The van der Waals surface area contributed by atoms with Crippen molar-refractivity contribution in [3.63, 3.8) is 0 Å². The van der Waals surface area contributed by atoms with Crippen LogP contribution in [0, 0.1) is 0 Å². The summed E-state index contributed by atoms with van der Waals surface area (Å²) in [6, 6.07) is 0. The van der Waals surface area contributed by atoms with Crippen molar-refractivity contribution in [3.8, 4) is 0 Å². The fourth-order valence-electron chi connectivity index (χ4n) is 1.84. The zero-order valence-electron chi connectivity index (χ0n) is 12.8. The fraction of sp³-hybridized carbons (Fsp3) is 0.857. The molecule has 1 N–H and O–H groups in total. The van der Waals surface area contributed by atoms with Crippen molar-refractivity contribution in [1.82, 2.24) is 4.90 Å². The summed E-state index contributed by atoms with van der Waals surface area (Å²) < 4.78 is 21.4. The summed E-state index contributed by atoms with van der Waals surface area (Å²) in [6.07, 6.45) is -0.180. The van der Waals surface area contributed by atoms with Crippen molar-refractivity contribution in [2.24, 2.45) is 0 Å². The quantitative estimate of drug-likeness (QED) is 0.767. The maximum Gasteiger partial charge on any atom is 0.303 e. The molecule has 0 saturated carbocycles. The van der Waals surface area contributed by atoms with E-state index in [1.165, 1.54) is 0 Å². The summed E-state index contributed by atoms with van der Waals surface area (Å²) in [5, 5.41) is 8.65. The normalized spacial score (nSPS) is 19.9. The molecule has 1 aliphatic rings. The van der Waals surface area contributed by atoms with Gasteiger partial charge in [0.25, 0.3) is 0 Å². The third kappa shape index (κ3) is 9.67. The predicted octanol–water partition coefficient (Wildman–Crippen LogP) is -0.240. The van der Waals surface area contributed by atoms with E-state index in [1.54, 1.807) is 4.90 Å². The Morgan fingerprint density at radius 2 is 1.14 bits per heavy atom. The van der Waals surface area contributed by atoms with Crippen molar-refractivity contribution in [3.05, 3.63) is 0 Å². The Morgan fingerprint density at radius 3 is 1.55 bits per heavy atom. The molecule has 0 atom stereocenters. The highest BCUT2D eigenvalue weighted by molar-refractivity contribution is 5.80. The Bertz CT molecular complexity index is 308. The maximum absolute atomic E-state index is 12.0. The van der Waals surface area contributed by atoms with E-state index in [2.05, 4.69) is 0 Å². The molecule has 0 aromatic heterocycles. The van der Waals surface area contributed by atoms with Crippen LogP contribution < -0.4 is 0 Å². The standard InChI is InChI=1S/C14H25NO7/c16-13(1-2-14(17)18)15-3-5-19-7-9-21-11-12-22-10-8-20-6-4-15/h1-12H2,(H,17,18). The predicted molar refractivity (Wildman–Crippen MR) is 76.7 cm³/mol. The molecule has 8 heteroatoms. The van der Waals surface area contributed by atoms with E-state index in [4.69, 9.17) is 24.1 Å². The van der Waals surface area contributed by atoms with Crippen LogP contribution in [0.15, 0.2) is 0 Å². The van der Waals surface area contributed by atoms with Crippen molar-refractivity contribution < 1.29 is 33.6 Å². The molecule has 1 fully saturated rings. The maximum atomic E-state index is 12.0. The zero-order chi connectivity index (χ0) is 16.0. The molecule has 0 spiro atoms. The molecule has 0 aromatic carbocycles. The average molecular weight is 319 g/mol. The second kappa shape index (κ2) is 12.3. The van der Waals surface area contributed by atoms with Crippen molar-refractivity contribution in [2.45, 2.75) is 12.8 Å². The molecule has 1 saturated heterocycles. The highest BCUT2D eigenvalue weighted by Crippen LogP contribution is 1.99. The number of carbonyl (C=O) groups excluding carboxylic acids is 1. The van der Waals surface area contributed by atoms with Crippen LogP contribution in [0.3, 0.4) is 0 Å². The lowest BCUT2D eigenvalue weighted by atomic mass is 10.2. The van der Waals surface area contributed by atoms with Gasteiger partial charge in [-0.1, -0.05) is 0 Å². The Labute approximate surface area is 130 Å². The number of carbonyl (C=O) groups is 2. The van der Waals surface area contributed by atoms with Gasteiger partial charge in [-0.25, -0.2) is 0 Å². The molecule has 1 aliphatic heterocycles. The Kier molecular flexibility index (Phi) is 10.6. The van der Waals surface area contributed by atoms with Crippen molar-refractivity contribution in [1.29, 1.82) is 0 Å². The lowest BCUT2D eigenvalue weighted by Gasteiger charge is -2.22. The first-order valence-corrected chi connectivity index (χ1v) is 7.50. The molecule has 1 heterocycles. The van der Waals surface area contributed by atoms with Gasteiger partial charge in [0.1, 0.15) is 0 Å². The Balaban J connectivity index is 2.38. The molecule has 128 valence electrons. The Morgan fingerprint density at radius 1 is 0.727 bits per heavy atom. The summed E-state index contributed by atoms with van der Waals surface area (Å²) in [6.45, 7) is 4.50. The smallest absolute Gasteiger partial charge is 0.303 e. The number of carboxylic acids is 1. The van der Waals surface area contributed by atoms with Crippen molar-refractivity contribution in [2.75, 3.05) is 65.9 Å². The fourth-order valence-corrected chi connectivity index (χ4v) is 1.84. The third-order valence-electron chi connectivity index (χ3n) is 3.03. The van der Waals surface area contributed by atoms with E-state index in [-0.39, 0.29) is 18.7 Å². The number of aliphatic carboxylic acids is 1. The first-order valence-electron chi connectivity index (χ1n) is 7.50. The van der Waals surface area contributed by atoms with Crippen LogP contribution in [0.2, 0.25) is 0 Å². The van der Waals surface area contributed by atoms with Gasteiger partial charge in [0.15, 0.2) is 0 Å². The van der Waals surface area contributed by atoms with Gasteiger partial charge in [-0.15, -0.1) is 0 Å². The molecule has 0 unspecified atom stereocenters. The molecular formula is C14H25NO7. The minimum atomic E-state index is -0.978. The molecule has 8 nitrogen and oxygen atoms in total. The minimum Gasteiger partial charge on any atom is -0.481 e. The molecule has 0 radical (unpaired) electrons. The van der Waals surface area contributed by atoms with Crippen LogP contribution in [0.25, 0.3) is 0 Å². The number of rotatable bonds is 3. The Hall–Kier alpha value is -1.22. The van der Waals surface area contributed by atoms with E-state index in [1.807, 2.05) is 0 Å². The van der Waals surface area contributed by atoms with Gasteiger partial charge in [0, 0.05) is 19.5 Å². The van der Waals surface area contributed by atoms with Gasteiger partial charge < -0.3 is 29.0 Å². The van der Waals surface area contributed by atoms with Crippen LogP contribution in [-0.4, -0.2) is 87.8 Å². The summed E-state index contributed by atoms with van der Waals surface area (Å²) in [5.74, 6) is -1.18. The molecule has 1 rings (SSSR count). The largest absolute Gasteiger partial charge is 0.481 e. The highest BCUT2D eigenvalue weighted by atomic mass is 16.6. The molecule has 0 aliphatic carbocycles. The van der Waals surface area contributed by atoms with Crippen LogP contribution in [-0.2, 0) is 28.5 Å². The topological polar surface area (TPSA) is 94.5 Å². The number of carboxylic acid groups (broad SMARTS) is 1. The summed E-state index contributed by atoms with van der Waals surface area (Å²) >= 11 is 0. The van der Waals surface area contributed by atoms with Crippen LogP contribution in [0.1, 0.15) is 12.8 Å². The zero-order valence-corrected chi connectivity index (χ0v) is 12.8. The van der Waals surface area contributed by atoms with Gasteiger partial charge in [-0.05, 0) is 0 Å². The van der Waals surface area contributed by atoms with E-state index in [0.717, 1.165) is 0 Å². The molecule has 1 amide bonds. The third-order valence-corrected chi connectivity index (χ3v) is 3.03. The minimum absolute atomic E-state index is 0.0123. The van der Waals surface area contributed by atoms with Gasteiger partial charge in [-0.3, -0.25) is 9.59 Å². The second-order valence-corrected chi connectivity index (χ2v) is 4.72. The van der Waals surface area contributed by atoms with Gasteiger partial charge in [0.05, 0.1) is 59.3 Å². The van der Waals surface area contributed by atoms with Crippen LogP contribution in [0.4, 0.5) is 0 Å². The lowest BCUT2D eigenvalue weighted by molar-refractivity contribution is -0.141. The summed E-state index contributed by atoms with van der Waals surface area (Å²) in [7, 11) is 0. The van der Waals surface area contributed by atoms with Crippen LogP contribution in [0.5, 0.6) is 0 Å². The average Bonchev–Trinajstić information content (AvgIpc) is 2.51. The number of amides is 1. The first-order chi connectivity index (χ1) is 10.7. The SMILES string of the molecule is O=C(O)CCC(=O)N1CCOCCOCCOCCOCC1. The molecule has 0 bridgehead atoms. The van der Waals surface area contributed by atoms with Gasteiger partial charge in [-0.2, -0.15) is 0 Å². The number of ether oxygens (including phenoxy) is 4. The monoisotopic (exact) mass is 319 g/mol.